The van der Waals surface area contributed by atoms with Gasteiger partial charge in [-0.15, -0.1) is 10.2 Å². The SMILES string of the molecule is CSc1nnc(Sc2nc(N)ncc2Br)s1. The second-order valence-corrected chi connectivity index (χ2v) is 6.64. The van der Waals surface area contributed by atoms with E-state index >= 15 is 0 Å². The van der Waals surface area contributed by atoms with E-state index in [4.69, 9.17) is 5.73 Å². The molecule has 0 saturated heterocycles. The molecule has 0 aromatic carbocycles. The van der Waals surface area contributed by atoms with Crippen LogP contribution in [-0.2, 0) is 0 Å². The van der Waals surface area contributed by atoms with Crippen molar-refractivity contribution in [3.8, 4) is 0 Å². The Morgan fingerprint density at radius 3 is 2.81 bits per heavy atom. The lowest BCUT2D eigenvalue weighted by molar-refractivity contribution is 0.951. The first-order valence-corrected chi connectivity index (χ1v) is 7.67. The van der Waals surface area contributed by atoms with Crippen molar-refractivity contribution >= 4 is 56.7 Å². The summed E-state index contributed by atoms with van der Waals surface area (Å²) >= 11 is 7.87. The van der Waals surface area contributed by atoms with Crippen LogP contribution >= 0.6 is 50.8 Å². The van der Waals surface area contributed by atoms with Gasteiger partial charge in [-0.2, -0.15) is 0 Å². The van der Waals surface area contributed by atoms with Crippen LogP contribution in [-0.4, -0.2) is 26.4 Å². The second kappa shape index (κ2) is 5.30. The van der Waals surface area contributed by atoms with Crippen LogP contribution in [0, 0.1) is 0 Å². The molecule has 0 aliphatic rings. The van der Waals surface area contributed by atoms with Crippen molar-refractivity contribution in [2.75, 3.05) is 12.0 Å². The molecule has 2 rings (SSSR count). The maximum atomic E-state index is 5.52. The molecule has 0 fully saturated rings. The summed E-state index contributed by atoms with van der Waals surface area (Å²) in [4.78, 5) is 7.99. The van der Waals surface area contributed by atoms with Crippen LogP contribution in [0.15, 0.2) is 24.4 Å². The summed E-state index contributed by atoms with van der Waals surface area (Å²) in [7, 11) is 0. The molecule has 2 aromatic heterocycles. The third kappa shape index (κ3) is 2.84. The number of thioether (sulfide) groups is 1. The van der Waals surface area contributed by atoms with Crippen molar-refractivity contribution in [3.63, 3.8) is 0 Å². The first-order valence-electron chi connectivity index (χ1n) is 4.02. The monoisotopic (exact) mass is 335 g/mol. The predicted octanol–water partition coefficient (Wildman–Crippen LogP) is 2.55. The van der Waals surface area contributed by atoms with Gasteiger partial charge in [0.05, 0.1) is 4.47 Å². The van der Waals surface area contributed by atoms with Gasteiger partial charge >= 0.3 is 0 Å². The normalized spacial score (nSPS) is 10.6. The average molecular weight is 336 g/mol. The minimum absolute atomic E-state index is 0.250. The molecule has 16 heavy (non-hydrogen) atoms. The van der Waals surface area contributed by atoms with Crippen molar-refractivity contribution in [2.24, 2.45) is 0 Å². The summed E-state index contributed by atoms with van der Waals surface area (Å²) in [6, 6.07) is 0. The summed E-state index contributed by atoms with van der Waals surface area (Å²) < 4.78 is 2.57. The highest BCUT2D eigenvalue weighted by molar-refractivity contribution is 9.10. The van der Waals surface area contributed by atoms with E-state index in [1.165, 1.54) is 23.1 Å². The smallest absolute Gasteiger partial charge is 0.221 e. The van der Waals surface area contributed by atoms with Crippen molar-refractivity contribution in [2.45, 2.75) is 13.7 Å². The zero-order valence-corrected chi connectivity index (χ0v) is 12.1. The summed E-state index contributed by atoms with van der Waals surface area (Å²) in [5, 5.41) is 8.79. The largest absolute Gasteiger partial charge is 0.368 e. The number of hydrogen-bond acceptors (Lipinski definition) is 8. The zero-order chi connectivity index (χ0) is 11.5. The van der Waals surface area contributed by atoms with Crippen LogP contribution in [0.1, 0.15) is 0 Å². The summed E-state index contributed by atoms with van der Waals surface area (Å²) in [6.45, 7) is 0. The topological polar surface area (TPSA) is 77.6 Å². The van der Waals surface area contributed by atoms with Crippen LogP contribution in [0.5, 0.6) is 0 Å². The summed E-state index contributed by atoms with van der Waals surface area (Å²) in [6.07, 6.45) is 3.59. The molecule has 0 radical (unpaired) electrons. The van der Waals surface area contributed by atoms with E-state index in [0.29, 0.717) is 0 Å². The maximum absolute atomic E-state index is 5.52. The number of nitrogens with zero attached hydrogens (tertiary/aromatic N) is 4. The Morgan fingerprint density at radius 1 is 1.38 bits per heavy atom. The highest BCUT2D eigenvalue weighted by atomic mass is 79.9. The van der Waals surface area contributed by atoms with Crippen LogP contribution < -0.4 is 5.73 Å². The van der Waals surface area contributed by atoms with Crippen LogP contribution in [0.2, 0.25) is 0 Å². The number of hydrogen-bond donors (Lipinski definition) is 1. The molecular weight excluding hydrogens is 330 g/mol. The Bertz CT molecular complexity index is 503. The van der Waals surface area contributed by atoms with Crippen molar-refractivity contribution in [1.82, 2.24) is 20.2 Å². The molecule has 0 saturated carbocycles. The fourth-order valence-electron chi connectivity index (χ4n) is 0.840. The van der Waals surface area contributed by atoms with Gasteiger partial charge in [-0.25, -0.2) is 9.97 Å². The van der Waals surface area contributed by atoms with Crippen molar-refractivity contribution < 1.29 is 0 Å². The van der Waals surface area contributed by atoms with Crippen LogP contribution in [0.3, 0.4) is 0 Å². The molecule has 0 atom stereocenters. The van der Waals surface area contributed by atoms with Crippen molar-refractivity contribution in [3.05, 3.63) is 10.7 Å². The first kappa shape index (κ1) is 12.1. The lowest BCUT2D eigenvalue weighted by atomic mass is 10.7. The number of nitrogen functional groups attached to an aromatic ring is 1. The second-order valence-electron chi connectivity index (χ2n) is 2.52. The van der Waals surface area contributed by atoms with Gasteiger partial charge < -0.3 is 5.73 Å². The number of aromatic nitrogens is 4. The van der Waals surface area contributed by atoms with E-state index in [-0.39, 0.29) is 5.95 Å². The van der Waals surface area contributed by atoms with Gasteiger partial charge in [-0.3, -0.25) is 0 Å². The zero-order valence-electron chi connectivity index (χ0n) is 8.05. The average Bonchev–Trinajstić information content (AvgIpc) is 2.71. The molecule has 0 aliphatic heterocycles. The third-order valence-corrected chi connectivity index (χ3v) is 5.27. The Kier molecular flexibility index (Phi) is 4.00. The van der Waals surface area contributed by atoms with E-state index in [9.17, 15) is 0 Å². The molecule has 9 heteroatoms. The molecule has 0 aliphatic carbocycles. The predicted molar refractivity (Wildman–Crippen MR) is 70.0 cm³/mol. The van der Waals surface area contributed by atoms with E-state index < -0.39 is 0 Å². The van der Waals surface area contributed by atoms with Gasteiger partial charge in [-0.05, 0) is 33.9 Å². The van der Waals surface area contributed by atoms with Gasteiger partial charge in [0.2, 0.25) is 5.95 Å². The molecule has 0 amide bonds. The fourth-order valence-corrected chi connectivity index (χ4v) is 3.61. The number of halogens is 1. The quantitative estimate of drug-likeness (QED) is 0.682. The Morgan fingerprint density at radius 2 is 2.12 bits per heavy atom. The lowest BCUT2D eigenvalue weighted by Crippen LogP contribution is -1.95. The number of rotatable bonds is 3. The maximum Gasteiger partial charge on any atom is 0.221 e. The molecule has 0 bridgehead atoms. The molecular formula is C7H6BrN5S3. The van der Waals surface area contributed by atoms with Crippen LogP contribution in [0.25, 0.3) is 0 Å². The van der Waals surface area contributed by atoms with E-state index in [2.05, 4.69) is 36.1 Å². The minimum Gasteiger partial charge on any atom is -0.368 e. The lowest BCUT2D eigenvalue weighted by Gasteiger charge is -1.99. The highest BCUT2D eigenvalue weighted by Gasteiger charge is 2.10. The van der Waals surface area contributed by atoms with Crippen molar-refractivity contribution in [1.29, 1.82) is 0 Å². The highest BCUT2D eigenvalue weighted by Crippen LogP contribution is 2.35. The molecule has 0 spiro atoms. The standard InChI is InChI=1S/C7H6BrN5S3/c1-14-6-12-13-7(16-6)15-4-3(8)2-10-5(9)11-4/h2H,1H3,(H2,9,10,11). The Balaban J connectivity index is 2.22. The van der Waals surface area contributed by atoms with Gasteiger partial charge in [0.25, 0.3) is 0 Å². The van der Waals surface area contributed by atoms with E-state index in [1.807, 2.05) is 6.26 Å². The van der Waals surface area contributed by atoms with E-state index in [1.54, 1.807) is 18.0 Å². The third-order valence-electron chi connectivity index (χ3n) is 1.48. The number of nitrogens with two attached hydrogens (primary N) is 1. The van der Waals surface area contributed by atoms with Crippen LogP contribution in [0.4, 0.5) is 5.95 Å². The van der Waals surface area contributed by atoms with Gasteiger partial charge in [0.15, 0.2) is 8.68 Å². The summed E-state index contributed by atoms with van der Waals surface area (Å²) in [5.74, 6) is 0.250. The van der Waals surface area contributed by atoms with Gasteiger partial charge in [0, 0.05) is 6.20 Å². The molecule has 0 unspecified atom stereocenters. The minimum atomic E-state index is 0.250. The Hall–Kier alpha value is -0.380. The molecule has 2 aromatic rings. The van der Waals surface area contributed by atoms with E-state index in [0.717, 1.165) is 18.2 Å². The first-order chi connectivity index (χ1) is 7.69. The fraction of sp³-hybridized carbons (Fsp3) is 0.143. The number of anilines is 1. The van der Waals surface area contributed by atoms with Gasteiger partial charge in [-0.1, -0.05) is 23.1 Å². The molecule has 2 heterocycles. The molecule has 2 N–H and O–H groups in total. The molecule has 84 valence electrons. The Labute approximate surface area is 113 Å². The summed E-state index contributed by atoms with van der Waals surface area (Å²) in [5.41, 5.74) is 5.52. The molecule has 5 nitrogen and oxygen atoms in total. The van der Waals surface area contributed by atoms with Gasteiger partial charge in [0.1, 0.15) is 5.03 Å².